The van der Waals surface area contributed by atoms with Crippen molar-refractivity contribution in [1.82, 2.24) is 5.32 Å². The van der Waals surface area contributed by atoms with Crippen LogP contribution in [0.4, 0.5) is 4.79 Å². The van der Waals surface area contributed by atoms with Crippen LogP contribution in [-0.4, -0.2) is 41.9 Å². The number of carbonyl (C=O) groups excluding carboxylic acids is 2. The summed E-state index contributed by atoms with van der Waals surface area (Å²) in [5.74, 6) is -6.44. The van der Waals surface area contributed by atoms with Crippen molar-refractivity contribution in [2.75, 3.05) is 7.11 Å². The Balaban J connectivity index is 5.95. The first-order chi connectivity index (χ1) is 12.3. The fourth-order valence-electron chi connectivity index (χ4n) is 2.12. The monoisotopic (exact) mass is 357 g/mol. The van der Waals surface area contributed by atoms with Gasteiger partial charge in [0, 0.05) is 1.37 Å². The van der Waals surface area contributed by atoms with E-state index in [1.54, 1.807) is 26.8 Å². The molecule has 0 radical (unpaired) electrons. The van der Waals surface area contributed by atoms with Gasteiger partial charge in [-0.25, -0.2) is 9.59 Å². The van der Waals surface area contributed by atoms with Crippen molar-refractivity contribution in [1.29, 1.82) is 0 Å². The van der Waals surface area contributed by atoms with Gasteiger partial charge in [-0.15, -0.1) is 13.2 Å². The van der Waals surface area contributed by atoms with Gasteiger partial charge in [-0.05, 0) is 45.9 Å². The lowest BCUT2D eigenvalue weighted by molar-refractivity contribution is -0.154. The number of aliphatic carboxylic acids is 1. The number of rotatable bonds is 10. The Labute approximate surface area is 151 Å². The van der Waals surface area contributed by atoms with Gasteiger partial charge >= 0.3 is 18.0 Å². The largest absolute Gasteiger partial charge is 0.481 e. The van der Waals surface area contributed by atoms with Gasteiger partial charge in [-0.1, -0.05) is 12.1 Å². The van der Waals surface area contributed by atoms with Crippen molar-refractivity contribution in [2.24, 2.45) is 11.8 Å². The Hall–Kier alpha value is -2.31. The molecule has 0 unspecified atom stereocenters. The summed E-state index contributed by atoms with van der Waals surface area (Å²) in [5.41, 5.74) is -0.884. The Morgan fingerprint density at radius 1 is 1.36 bits per heavy atom. The van der Waals surface area contributed by atoms with Crippen molar-refractivity contribution in [3.8, 4) is 0 Å². The SMILES string of the molecule is [2H]C(=C)[C@]([2H])(CCCC=C)[C@H](C(=O)O)[C@H](NC(=O)OC(C)(C)C)C(=O)OC. The predicted molar refractivity (Wildman–Crippen MR) is 94.0 cm³/mol. The van der Waals surface area contributed by atoms with Crippen LogP contribution in [0.2, 0.25) is 0 Å². The van der Waals surface area contributed by atoms with E-state index in [0.29, 0.717) is 12.8 Å². The fourth-order valence-corrected chi connectivity index (χ4v) is 2.12. The molecule has 0 aromatic heterocycles. The highest BCUT2D eigenvalue weighted by molar-refractivity contribution is 5.87. The number of carboxylic acids is 1. The molecule has 3 atom stereocenters. The molecule has 1 amide bonds. The third kappa shape index (κ3) is 8.37. The lowest BCUT2D eigenvalue weighted by Gasteiger charge is -2.29. The van der Waals surface area contributed by atoms with E-state index in [1.807, 2.05) is 0 Å². The highest BCUT2D eigenvalue weighted by Crippen LogP contribution is 2.25. The van der Waals surface area contributed by atoms with Crippen molar-refractivity contribution < 1.29 is 31.7 Å². The number of esters is 1. The minimum absolute atomic E-state index is 0.0676. The van der Waals surface area contributed by atoms with Gasteiger partial charge in [0.25, 0.3) is 0 Å². The quantitative estimate of drug-likeness (QED) is 0.354. The first kappa shape index (κ1) is 19.0. The number of hydrogen-bond acceptors (Lipinski definition) is 5. The number of amides is 1. The van der Waals surface area contributed by atoms with E-state index in [2.05, 4.69) is 23.2 Å². The average molecular weight is 357 g/mol. The van der Waals surface area contributed by atoms with E-state index in [0.717, 1.165) is 7.11 Å². The lowest BCUT2D eigenvalue weighted by atomic mass is 9.82. The number of methoxy groups -OCH3 is 1. The van der Waals surface area contributed by atoms with E-state index >= 15 is 0 Å². The molecule has 0 bridgehead atoms. The summed E-state index contributed by atoms with van der Waals surface area (Å²) in [5, 5.41) is 11.9. The maximum Gasteiger partial charge on any atom is 0.408 e. The number of allylic oxidation sites excluding steroid dienone is 2. The van der Waals surface area contributed by atoms with Crippen LogP contribution in [0.15, 0.2) is 25.3 Å². The topological polar surface area (TPSA) is 102 Å². The zero-order valence-electron chi connectivity index (χ0n) is 17.3. The molecule has 7 nitrogen and oxygen atoms in total. The molecular formula is C18H29NO6. The van der Waals surface area contributed by atoms with Gasteiger partial charge in [-0.2, -0.15) is 0 Å². The van der Waals surface area contributed by atoms with Crippen LogP contribution in [0, 0.1) is 11.8 Å². The Bertz CT molecular complexity index is 587. The summed E-state index contributed by atoms with van der Waals surface area (Å²) in [4.78, 5) is 36.3. The fraction of sp³-hybridized carbons (Fsp3) is 0.611. The number of ether oxygens (including phenoxy) is 2. The molecule has 142 valence electrons. The molecule has 0 saturated heterocycles. The van der Waals surface area contributed by atoms with Gasteiger partial charge in [0.05, 0.1) is 14.4 Å². The second-order valence-electron chi connectivity index (χ2n) is 6.35. The van der Waals surface area contributed by atoms with Crippen LogP contribution in [0.25, 0.3) is 0 Å². The molecule has 0 rings (SSSR count). The van der Waals surface area contributed by atoms with Crippen molar-refractivity contribution in [2.45, 2.75) is 51.7 Å². The summed E-state index contributed by atoms with van der Waals surface area (Å²) < 4.78 is 26.1. The summed E-state index contributed by atoms with van der Waals surface area (Å²) >= 11 is 0. The third-order valence-electron chi connectivity index (χ3n) is 3.18. The van der Waals surface area contributed by atoms with Gasteiger partial charge in [0.15, 0.2) is 0 Å². The van der Waals surface area contributed by atoms with Gasteiger partial charge in [0.2, 0.25) is 0 Å². The molecule has 0 heterocycles. The van der Waals surface area contributed by atoms with Crippen molar-refractivity contribution in [3.63, 3.8) is 0 Å². The van der Waals surface area contributed by atoms with Crippen molar-refractivity contribution >= 4 is 18.0 Å². The van der Waals surface area contributed by atoms with Gasteiger partial charge in [0.1, 0.15) is 11.6 Å². The molecule has 2 N–H and O–H groups in total. The average Bonchev–Trinajstić information content (AvgIpc) is 2.51. The first-order valence-corrected chi connectivity index (χ1v) is 7.87. The standard InChI is InChI=1S/C18H29NO6/c1-7-9-10-11-12(8-2)13(15(20)21)14(16(22)24-6)19-17(23)25-18(3,4)5/h7-8,12-14H,1-2,9-11H2,3-6H3,(H,19,23)(H,20,21)/t12-,13+,14+/m1/s1/i8D,12D. The molecule has 0 aromatic rings. The number of carbonyl (C=O) groups is 3. The second-order valence-corrected chi connectivity index (χ2v) is 6.35. The molecular weight excluding hydrogens is 326 g/mol. The van der Waals surface area contributed by atoms with E-state index in [-0.39, 0.29) is 6.42 Å². The minimum atomic E-state index is -2.04. The Morgan fingerprint density at radius 2 is 1.96 bits per heavy atom. The Kier molecular flexibility index (Phi) is 8.01. The highest BCUT2D eigenvalue weighted by atomic mass is 16.6. The molecule has 0 aliphatic heterocycles. The summed E-state index contributed by atoms with van der Waals surface area (Å²) in [6.45, 7) is 11.8. The van der Waals surface area contributed by atoms with Crippen LogP contribution >= 0.6 is 0 Å². The molecule has 0 aromatic carbocycles. The smallest absolute Gasteiger partial charge is 0.408 e. The second kappa shape index (κ2) is 10.5. The number of unbranched alkanes of at least 4 members (excludes halogenated alkanes) is 1. The Morgan fingerprint density at radius 3 is 2.36 bits per heavy atom. The number of hydrogen-bond donors (Lipinski definition) is 2. The molecule has 7 heteroatoms. The zero-order chi connectivity index (χ0) is 21.4. The summed E-state index contributed by atoms with van der Waals surface area (Å²) in [7, 11) is 1.03. The molecule has 25 heavy (non-hydrogen) atoms. The predicted octanol–water partition coefficient (Wildman–Crippen LogP) is 2.91. The van der Waals surface area contributed by atoms with Crippen LogP contribution in [0.1, 0.15) is 42.8 Å². The van der Waals surface area contributed by atoms with E-state index in [4.69, 9.17) is 7.48 Å². The normalized spacial score (nSPS) is 17.0. The first-order valence-electron chi connectivity index (χ1n) is 8.87. The summed E-state index contributed by atoms with van der Waals surface area (Å²) in [6, 6.07) is -2.22. The molecule has 0 spiro atoms. The van der Waals surface area contributed by atoms with E-state index < -0.39 is 47.5 Å². The van der Waals surface area contributed by atoms with Crippen LogP contribution in [0.3, 0.4) is 0 Å². The molecule has 0 saturated carbocycles. The maximum atomic E-state index is 12.2. The number of alkyl carbamates (subject to hydrolysis) is 1. The van der Waals surface area contributed by atoms with E-state index in [1.165, 1.54) is 0 Å². The zero-order valence-corrected chi connectivity index (χ0v) is 15.3. The minimum Gasteiger partial charge on any atom is -0.481 e. The third-order valence-corrected chi connectivity index (χ3v) is 3.18. The van der Waals surface area contributed by atoms with Crippen LogP contribution < -0.4 is 5.32 Å². The van der Waals surface area contributed by atoms with Crippen LogP contribution in [-0.2, 0) is 19.1 Å². The summed E-state index contributed by atoms with van der Waals surface area (Å²) in [6.07, 6.45) is 1.34. The van der Waals surface area contributed by atoms with Gasteiger partial charge in [-0.3, -0.25) is 4.79 Å². The lowest BCUT2D eigenvalue weighted by Crippen LogP contribution is -2.52. The van der Waals surface area contributed by atoms with E-state index in [9.17, 15) is 19.5 Å². The highest BCUT2D eigenvalue weighted by Gasteiger charge is 2.40. The molecule has 0 fully saturated rings. The van der Waals surface area contributed by atoms with Gasteiger partial charge < -0.3 is 19.9 Å². The van der Waals surface area contributed by atoms with Crippen molar-refractivity contribution in [3.05, 3.63) is 25.3 Å². The number of nitrogens with one attached hydrogen (secondary N) is 1. The maximum absolute atomic E-state index is 12.2. The van der Waals surface area contributed by atoms with Crippen LogP contribution in [0.5, 0.6) is 0 Å². The molecule has 0 aliphatic carbocycles. The number of carboxylic acid groups (broad SMARTS) is 1. The molecule has 0 aliphatic rings.